The number of carbonyl (C=O) groups is 1. The molecule has 1 radical (unpaired) electrons. The average molecular weight is 190 g/mol. The Morgan fingerprint density at radius 3 is 2.93 bits per heavy atom. The topological polar surface area (TPSA) is 30.0 Å². The Balaban J connectivity index is 2.29. The number of rotatable bonds is 6. The molecule has 0 bridgehead atoms. The SMILES string of the molecule is CCCCC[CH]C(=O)c1ccccn1. The van der Waals surface area contributed by atoms with Gasteiger partial charge in [-0.05, 0) is 18.6 Å². The van der Waals surface area contributed by atoms with Gasteiger partial charge in [0.25, 0.3) is 0 Å². The second-order valence-electron chi connectivity index (χ2n) is 3.28. The smallest absolute Gasteiger partial charge is 0.184 e. The predicted octanol–water partition coefficient (Wildman–Crippen LogP) is 3.05. The number of Topliss-reactive ketones (excluding diaryl/α,β-unsaturated/α-hetero) is 1. The first-order valence-corrected chi connectivity index (χ1v) is 5.13. The molecule has 14 heavy (non-hydrogen) atoms. The van der Waals surface area contributed by atoms with E-state index < -0.39 is 0 Å². The molecular weight excluding hydrogens is 174 g/mol. The number of unbranched alkanes of at least 4 members (excludes halogenated alkanes) is 3. The van der Waals surface area contributed by atoms with Gasteiger partial charge in [0.2, 0.25) is 0 Å². The van der Waals surface area contributed by atoms with Crippen LogP contribution in [-0.2, 0) is 0 Å². The third-order valence-corrected chi connectivity index (χ3v) is 2.05. The zero-order valence-electron chi connectivity index (χ0n) is 8.57. The summed E-state index contributed by atoms with van der Waals surface area (Å²) in [7, 11) is 0. The second kappa shape index (κ2) is 6.30. The zero-order chi connectivity index (χ0) is 10.2. The van der Waals surface area contributed by atoms with Gasteiger partial charge in [-0.3, -0.25) is 9.78 Å². The molecule has 0 N–H and O–H groups in total. The molecule has 0 saturated heterocycles. The van der Waals surface area contributed by atoms with E-state index >= 15 is 0 Å². The van der Waals surface area contributed by atoms with Crippen molar-refractivity contribution in [2.45, 2.75) is 32.6 Å². The molecule has 2 heteroatoms. The summed E-state index contributed by atoms with van der Waals surface area (Å²) < 4.78 is 0. The summed E-state index contributed by atoms with van der Waals surface area (Å²) >= 11 is 0. The number of hydrogen-bond donors (Lipinski definition) is 0. The summed E-state index contributed by atoms with van der Waals surface area (Å²) in [5, 5.41) is 0. The van der Waals surface area contributed by atoms with E-state index in [0.717, 1.165) is 12.8 Å². The van der Waals surface area contributed by atoms with Gasteiger partial charge in [-0.25, -0.2) is 0 Å². The minimum Gasteiger partial charge on any atom is -0.292 e. The zero-order valence-corrected chi connectivity index (χ0v) is 8.57. The van der Waals surface area contributed by atoms with Gasteiger partial charge in [0, 0.05) is 12.6 Å². The molecule has 75 valence electrons. The first kappa shape index (κ1) is 10.9. The molecule has 0 spiro atoms. The molecular formula is C12H16NO. The number of pyridine rings is 1. The summed E-state index contributed by atoms with van der Waals surface area (Å²) in [6, 6.07) is 5.40. The van der Waals surface area contributed by atoms with Gasteiger partial charge in [-0.2, -0.15) is 0 Å². The van der Waals surface area contributed by atoms with Crippen LogP contribution in [0, 0.1) is 6.42 Å². The van der Waals surface area contributed by atoms with Crippen molar-refractivity contribution in [2.24, 2.45) is 0 Å². The molecule has 0 aliphatic heterocycles. The van der Waals surface area contributed by atoms with Crippen LogP contribution in [0.1, 0.15) is 43.1 Å². The van der Waals surface area contributed by atoms with Crippen molar-refractivity contribution in [1.82, 2.24) is 4.98 Å². The van der Waals surface area contributed by atoms with Crippen LogP contribution in [0.5, 0.6) is 0 Å². The molecule has 0 saturated carbocycles. The standard InChI is InChI=1S/C12H16NO/c1-2-3-4-5-9-12(14)11-8-6-7-10-13-11/h6-10H,2-5H2,1H3. The van der Waals surface area contributed by atoms with Crippen molar-refractivity contribution in [3.63, 3.8) is 0 Å². The van der Waals surface area contributed by atoms with Crippen LogP contribution >= 0.6 is 0 Å². The Bertz CT molecular complexity index is 269. The molecule has 1 aromatic rings. The first-order chi connectivity index (χ1) is 6.84. The van der Waals surface area contributed by atoms with Crippen molar-refractivity contribution >= 4 is 5.78 Å². The highest BCUT2D eigenvalue weighted by molar-refractivity contribution is 6.00. The van der Waals surface area contributed by atoms with Crippen LogP contribution < -0.4 is 0 Å². The second-order valence-corrected chi connectivity index (χ2v) is 3.28. The van der Waals surface area contributed by atoms with Crippen LogP contribution in [0.3, 0.4) is 0 Å². The fourth-order valence-corrected chi connectivity index (χ4v) is 1.24. The van der Waals surface area contributed by atoms with E-state index in [0.29, 0.717) is 5.69 Å². The van der Waals surface area contributed by atoms with Crippen molar-refractivity contribution < 1.29 is 4.79 Å². The Labute approximate surface area is 85.4 Å². The molecule has 1 aromatic heterocycles. The lowest BCUT2D eigenvalue weighted by atomic mass is 10.1. The van der Waals surface area contributed by atoms with Crippen LogP contribution in [0.4, 0.5) is 0 Å². The molecule has 0 fully saturated rings. The van der Waals surface area contributed by atoms with E-state index in [4.69, 9.17) is 0 Å². The van der Waals surface area contributed by atoms with E-state index in [-0.39, 0.29) is 5.78 Å². The highest BCUT2D eigenvalue weighted by Crippen LogP contribution is 2.05. The van der Waals surface area contributed by atoms with E-state index in [2.05, 4.69) is 11.9 Å². The molecule has 0 unspecified atom stereocenters. The van der Waals surface area contributed by atoms with Crippen LogP contribution in [-0.4, -0.2) is 10.8 Å². The third kappa shape index (κ3) is 3.69. The third-order valence-electron chi connectivity index (χ3n) is 2.05. The lowest BCUT2D eigenvalue weighted by Crippen LogP contribution is -2.01. The van der Waals surface area contributed by atoms with E-state index in [9.17, 15) is 4.79 Å². The van der Waals surface area contributed by atoms with E-state index in [1.807, 2.05) is 12.1 Å². The van der Waals surface area contributed by atoms with Crippen molar-refractivity contribution in [2.75, 3.05) is 0 Å². The van der Waals surface area contributed by atoms with Crippen molar-refractivity contribution in [1.29, 1.82) is 0 Å². The summed E-state index contributed by atoms with van der Waals surface area (Å²) in [5.41, 5.74) is 0.545. The minimum absolute atomic E-state index is 0.0432. The van der Waals surface area contributed by atoms with Gasteiger partial charge in [0.1, 0.15) is 5.69 Å². The highest BCUT2D eigenvalue weighted by Gasteiger charge is 2.05. The molecule has 0 aliphatic rings. The fraction of sp³-hybridized carbons (Fsp3) is 0.417. The number of carbonyl (C=O) groups excluding carboxylic acids is 1. The average Bonchev–Trinajstić information content (AvgIpc) is 2.25. The quantitative estimate of drug-likeness (QED) is 0.509. The van der Waals surface area contributed by atoms with Crippen LogP contribution in [0.2, 0.25) is 0 Å². The lowest BCUT2D eigenvalue weighted by molar-refractivity contribution is 0.102. The molecule has 2 nitrogen and oxygen atoms in total. The van der Waals surface area contributed by atoms with E-state index in [1.165, 1.54) is 12.8 Å². The molecule has 0 atom stereocenters. The normalized spacial score (nSPS) is 10.1. The number of ketones is 1. The Morgan fingerprint density at radius 2 is 2.29 bits per heavy atom. The van der Waals surface area contributed by atoms with Gasteiger partial charge in [-0.15, -0.1) is 0 Å². The monoisotopic (exact) mass is 190 g/mol. The van der Waals surface area contributed by atoms with Gasteiger partial charge in [0.05, 0.1) is 0 Å². The number of hydrogen-bond acceptors (Lipinski definition) is 2. The maximum Gasteiger partial charge on any atom is 0.184 e. The van der Waals surface area contributed by atoms with Gasteiger partial charge in [-0.1, -0.05) is 32.3 Å². The molecule has 0 aromatic carbocycles. The minimum atomic E-state index is 0.0432. The fourth-order valence-electron chi connectivity index (χ4n) is 1.24. The Morgan fingerprint density at radius 1 is 1.43 bits per heavy atom. The Hall–Kier alpha value is -1.18. The van der Waals surface area contributed by atoms with Gasteiger partial charge >= 0.3 is 0 Å². The van der Waals surface area contributed by atoms with Gasteiger partial charge < -0.3 is 0 Å². The van der Waals surface area contributed by atoms with Gasteiger partial charge in [0.15, 0.2) is 5.78 Å². The molecule has 0 aliphatic carbocycles. The summed E-state index contributed by atoms with van der Waals surface area (Å²) in [5.74, 6) is 0.0432. The molecule has 0 amide bonds. The summed E-state index contributed by atoms with van der Waals surface area (Å²) in [6.45, 7) is 2.15. The molecule has 1 rings (SSSR count). The van der Waals surface area contributed by atoms with Crippen LogP contribution in [0.25, 0.3) is 0 Å². The maximum absolute atomic E-state index is 11.5. The largest absolute Gasteiger partial charge is 0.292 e. The highest BCUT2D eigenvalue weighted by atomic mass is 16.1. The predicted molar refractivity (Wildman–Crippen MR) is 57.0 cm³/mol. The summed E-state index contributed by atoms with van der Waals surface area (Å²) in [6.07, 6.45) is 7.71. The van der Waals surface area contributed by atoms with Crippen molar-refractivity contribution in [3.05, 3.63) is 36.5 Å². The number of nitrogens with zero attached hydrogens (tertiary/aromatic N) is 1. The maximum atomic E-state index is 11.5. The van der Waals surface area contributed by atoms with E-state index in [1.54, 1.807) is 18.7 Å². The molecule has 1 heterocycles. The lowest BCUT2D eigenvalue weighted by Gasteiger charge is -1.98. The number of aromatic nitrogens is 1. The summed E-state index contributed by atoms with van der Waals surface area (Å²) in [4.78, 5) is 15.5. The van der Waals surface area contributed by atoms with Crippen LogP contribution in [0.15, 0.2) is 24.4 Å². The van der Waals surface area contributed by atoms with Crippen molar-refractivity contribution in [3.8, 4) is 0 Å². The first-order valence-electron chi connectivity index (χ1n) is 5.13. The Kier molecular flexibility index (Phi) is 4.90.